The van der Waals surface area contributed by atoms with Gasteiger partial charge >= 0.3 is 0 Å². The van der Waals surface area contributed by atoms with Crippen molar-refractivity contribution in [2.24, 2.45) is 0 Å². The lowest BCUT2D eigenvalue weighted by atomic mass is 10.1. The number of hydrogen-bond acceptors (Lipinski definition) is 3. The van der Waals surface area contributed by atoms with Crippen LogP contribution in [-0.4, -0.2) is 0 Å². The molecule has 7 rings (SSSR count). The molecular formula is C44H33N3. The maximum atomic E-state index is 5.71. The molecule has 0 aliphatic rings. The fourth-order valence-electron chi connectivity index (χ4n) is 5.86. The van der Waals surface area contributed by atoms with Crippen LogP contribution in [0.3, 0.4) is 0 Å². The van der Waals surface area contributed by atoms with Gasteiger partial charge in [-0.05, 0) is 121 Å². The van der Waals surface area contributed by atoms with Crippen molar-refractivity contribution < 1.29 is 0 Å². The summed E-state index contributed by atoms with van der Waals surface area (Å²) in [7, 11) is 0. The molecule has 0 aliphatic carbocycles. The molecule has 0 N–H and O–H groups in total. The van der Waals surface area contributed by atoms with Gasteiger partial charge < -0.3 is 14.7 Å². The highest BCUT2D eigenvalue weighted by molar-refractivity contribution is 5.83. The summed E-state index contributed by atoms with van der Waals surface area (Å²) in [5, 5.41) is 0. The van der Waals surface area contributed by atoms with Crippen LogP contribution in [0.1, 0.15) is 5.56 Å². The van der Waals surface area contributed by atoms with Gasteiger partial charge in [0.1, 0.15) is 0 Å². The van der Waals surface area contributed by atoms with E-state index in [0.29, 0.717) is 0 Å². The van der Waals surface area contributed by atoms with Crippen LogP contribution >= 0.6 is 0 Å². The molecule has 0 radical (unpaired) electrons. The van der Waals surface area contributed by atoms with Crippen molar-refractivity contribution in [1.82, 2.24) is 0 Å². The van der Waals surface area contributed by atoms with E-state index in [1.54, 1.807) is 0 Å². The average molecular weight is 604 g/mol. The Kier molecular flexibility index (Phi) is 8.49. The van der Waals surface area contributed by atoms with Gasteiger partial charge in [0, 0.05) is 56.7 Å². The van der Waals surface area contributed by atoms with E-state index in [9.17, 15) is 0 Å². The summed E-state index contributed by atoms with van der Waals surface area (Å²) < 4.78 is 0. The molecule has 0 heterocycles. The minimum absolute atomic E-state index is 0.849. The van der Waals surface area contributed by atoms with Crippen molar-refractivity contribution >= 4 is 51.2 Å². The quantitative estimate of drug-likeness (QED) is 0.152. The monoisotopic (exact) mass is 603 g/mol. The van der Waals surface area contributed by atoms with Gasteiger partial charge in [0.15, 0.2) is 0 Å². The van der Waals surface area contributed by atoms with Crippen molar-refractivity contribution in [3.05, 3.63) is 200 Å². The minimum atomic E-state index is 0.849. The van der Waals surface area contributed by atoms with Gasteiger partial charge in [-0.15, -0.1) is 6.42 Å². The summed E-state index contributed by atoms with van der Waals surface area (Å²) in [6.07, 6.45) is 5.71. The standard InChI is InChI=1S/C44H33N3/c1-2-35-23-25-40(26-24-35)47(43-31-27-41(28-32-43)45(36-15-7-3-8-16-36)37-17-9-4-10-18-37)44-33-29-42(30-34-44)46(38-19-11-5-12-20-38)39-21-13-6-14-22-39/h1,3-34H. The van der Waals surface area contributed by atoms with Gasteiger partial charge in [-0.1, -0.05) is 78.7 Å². The number of terminal acetylenes is 1. The van der Waals surface area contributed by atoms with Crippen LogP contribution < -0.4 is 14.7 Å². The Morgan fingerprint density at radius 1 is 0.255 bits per heavy atom. The summed E-state index contributed by atoms with van der Waals surface area (Å²) in [6, 6.07) is 67.4. The molecule has 3 heteroatoms. The molecule has 0 unspecified atom stereocenters. The van der Waals surface area contributed by atoms with Crippen molar-refractivity contribution in [1.29, 1.82) is 0 Å². The number of hydrogen-bond donors (Lipinski definition) is 0. The second kappa shape index (κ2) is 13.6. The molecule has 7 aromatic rings. The van der Waals surface area contributed by atoms with Gasteiger partial charge in [0.25, 0.3) is 0 Å². The van der Waals surface area contributed by atoms with Crippen molar-refractivity contribution in [3.8, 4) is 12.3 Å². The number of para-hydroxylation sites is 4. The van der Waals surface area contributed by atoms with Gasteiger partial charge in [-0.3, -0.25) is 0 Å². The van der Waals surface area contributed by atoms with E-state index in [1.165, 1.54) is 0 Å². The minimum Gasteiger partial charge on any atom is -0.311 e. The summed E-state index contributed by atoms with van der Waals surface area (Å²) in [6.45, 7) is 0. The molecular weight excluding hydrogens is 571 g/mol. The molecule has 3 nitrogen and oxygen atoms in total. The largest absolute Gasteiger partial charge is 0.311 e. The zero-order chi connectivity index (χ0) is 31.8. The molecule has 7 aromatic carbocycles. The van der Waals surface area contributed by atoms with Crippen LogP contribution in [0.2, 0.25) is 0 Å². The molecule has 0 saturated heterocycles. The predicted octanol–water partition coefficient (Wildman–Crippen LogP) is 12.1. The lowest BCUT2D eigenvalue weighted by Crippen LogP contribution is -2.13. The SMILES string of the molecule is C#Cc1ccc(N(c2ccc(N(c3ccccc3)c3ccccc3)cc2)c2ccc(N(c3ccccc3)c3ccccc3)cc2)cc1. The second-order valence-corrected chi connectivity index (χ2v) is 11.1. The van der Waals surface area contributed by atoms with Crippen molar-refractivity contribution in [2.75, 3.05) is 14.7 Å². The third-order valence-electron chi connectivity index (χ3n) is 8.08. The van der Waals surface area contributed by atoms with E-state index in [2.05, 4.69) is 178 Å². The highest BCUT2D eigenvalue weighted by Crippen LogP contribution is 2.41. The molecule has 0 spiro atoms. The first-order valence-electron chi connectivity index (χ1n) is 15.7. The fraction of sp³-hybridized carbons (Fsp3) is 0. The molecule has 0 aliphatic heterocycles. The Morgan fingerprint density at radius 3 is 0.660 bits per heavy atom. The Hall–Kier alpha value is -6.50. The van der Waals surface area contributed by atoms with E-state index in [-0.39, 0.29) is 0 Å². The highest BCUT2D eigenvalue weighted by Gasteiger charge is 2.17. The maximum Gasteiger partial charge on any atom is 0.0463 e. The summed E-state index contributed by atoms with van der Waals surface area (Å²) in [5.74, 6) is 2.75. The van der Waals surface area contributed by atoms with Gasteiger partial charge in [0.2, 0.25) is 0 Å². The smallest absolute Gasteiger partial charge is 0.0463 e. The molecule has 0 bridgehead atoms. The topological polar surface area (TPSA) is 9.72 Å². The van der Waals surface area contributed by atoms with Crippen molar-refractivity contribution in [3.63, 3.8) is 0 Å². The van der Waals surface area contributed by atoms with Crippen molar-refractivity contribution in [2.45, 2.75) is 0 Å². The van der Waals surface area contributed by atoms with Crippen LogP contribution in [0.4, 0.5) is 51.2 Å². The van der Waals surface area contributed by atoms with Crippen LogP contribution in [0.5, 0.6) is 0 Å². The summed E-state index contributed by atoms with van der Waals surface area (Å²) in [5.41, 5.74) is 10.5. The third kappa shape index (κ3) is 6.35. The Morgan fingerprint density at radius 2 is 0.447 bits per heavy atom. The third-order valence-corrected chi connectivity index (χ3v) is 8.08. The summed E-state index contributed by atoms with van der Waals surface area (Å²) in [4.78, 5) is 6.80. The lowest BCUT2D eigenvalue weighted by Gasteiger charge is -2.29. The van der Waals surface area contributed by atoms with Crippen LogP contribution in [-0.2, 0) is 0 Å². The van der Waals surface area contributed by atoms with E-state index in [4.69, 9.17) is 6.42 Å². The molecule has 0 fully saturated rings. The number of nitrogens with zero attached hydrogens (tertiary/aromatic N) is 3. The molecule has 224 valence electrons. The maximum absolute atomic E-state index is 5.71. The number of rotatable bonds is 9. The first kappa shape index (κ1) is 29.2. The highest BCUT2D eigenvalue weighted by atomic mass is 15.2. The molecule has 0 atom stereocenters. The fourth-order valence-corrected chi connectivity index (χ4v) is 5.86. The van der Waals surface area contributed by atoms with E-state index < -0.39 is 0 Å². The van der Waals surface area contributed by atoms with Gasteiger partial charge in [-0.2, -0.15) is 0 Å². The first-order valence-corrected chi connectivity index (χ1v) is 15.7. The zero-order valence-corrected chi connectivity index (χ0v) is 25.9. The van der Waals surface area contributed by atoms with Crippen LogP contribution in [0.25, 0.3) is 0 Å². The van der Waals surface area contributed by atoms with E-state index in [1.807, 2.05) is 36.4 Å². The Bertz CT molecular complexity index is 1850. The van der Waals surface area contributed by atoms with Gasteiger partial charge in [-0.25, -0.2) is 0 Å². The molecule has 47 heavy (non-hydrogen) atoms. The van der Waals surface area contributed by atoms with E-state index in [0.717, 1.165) is 56.7 Å². The van der Waals surface area contributed by atoms with Crippen LogP contribution in [0.15, 0.2) is 194 Å². The zero-order valence-electron chi connectivity index (χ0n) is 25.9. The molecule has 0 saturated carbocycles. The van der Waals surface area contributed by atoms with Crippen LogP contribution in [0, 0.1) is 12.3 Å². The second-order valence-electron chi connectivity index (χ2n) is 11.1. The molecule has 0 aromatic heterocycles. The predicted molar refractivity (Wildman–Crippen MR) is 198 cm³/mol. The first-order chi connectivity index (χ1) is 23.3. The lowest BCUT2D eigenvalue weighted by molar-refractivity contribution is 1.24. The Labute approximate surface area is 277 Å². The molecule has 0 amide bonds. The van der Waals surface area contributed by atoms with E-state index >= 15 is 0 Å². The number of benzene rings is 7. The Balaban J connectivity index is 1.28. The summed E-state index contributed by atoms with van der Waals surface area (Å²) >= 11 is 0. The normalized spacial score (nSPS) is 10.5. The number of anilines is 9. The van der Waals surface area contributed by atoms with Gasteiger partial charge in [0.05, 0.1) is 0 Å². The average Bonchev–Trinajstić information content (AvgIpc) is 3.15.